The van der Waals surface area contributed by atoms with Gasteiger partial charge in [0.2, 0.25) is 0 Å². The van der Waals surface area contributed by atoms with Crippen LogP contribution in [0, 0.1) is 6.92 Å². The molecule has 0 bridgehead atoms. The van der Waals surface area contributed by atoms with Crippen molar-refractivity contribution in [3.8, 4) is 0 Å². The van der Waals surface area contributed by atoms with Crippen LogP contribution in [0.2, 0.25) is 5.02 Å². The summed E-state index contributed by atoms with van der Waals surface area (Å²) < 4.78 is 26.6. The Morgan fingerprint density at radius 1 is 1.45 bits per heavy atom. The largest absolute Gasteiger partial charge is 0.477 e. The molecule has 2 heterocycles. The van der Waals surface area contributed by atoms with Crippen molar-refractivity contribution in [2.75, 3.05) is 4.72 Å². The molecule has 6 nitrogen and oxygen atoms in total. The van der Waals surface area contributed by atoms with Gasteiger partial charge in [-0.3, -0.25) is 4.72 Å². The lowest BCUT2D eigenvalue weighted by atomic mass is 10.4. The van der Waals surface area contributed by atoms with Crippen LogP contribution in [0.15, 0.2) is 29.3 Å². The monoisotopic (exact) mass is 332 g/mol. The van der Waals surface area contributed by atoms with E-state index >= 15 is 0 Å². The number of aryl methyl sites for hydroxylation is 1. The Morgan fingerprint density at radius 3 is 2.70 bits per heavy atom. The molecule has 0 atom stereocenters. The van der Waals surface area contributed by atoms with Gasteiger partial charge in [0.25, 0.3) is 10.0 Å². The molecule has 0 amide bonds. The molecule has 0 aliphatic rings. The van der Waals surface area contributed by atoms with Crippen LogP contribution >= 0.6 is 22.9 Å². The number of thiophene rings is 1. The molecular formula is C11H9ClN2O4S2. The van der Waals surface area contributed by atoms with E-state index in [1.54, 1.807) is 0 Å². The van der Waals surface area contributed by atoms with Gasteiger partial charge in [0.05, 0.1) is 0 Å². The number of halogens is 1. The van der Waals surface area contributed by atoms with E-state index in [-0.39, 0.29) is 15.6 Å². The smallest absolute Gasteiger partial charge is 0.345 e. The maximum absolute atomic E-state index is 12.2. The van der Waals surface area contributed by atoms with Crippen LogP contribution in [0.25, 0.3) is 0 Å². The first-order chi connectivity index (χ1) is 9.29. The number of anilines is 1. The molecule has 0 radical (unpaired) electrons. The van der Waals surface area contributed by atoms with E-state index in [9.17, 15) is 13.2 Å². The summed E-state index contributed by atoms with van der Waals surface area (Å²) in [6, 6.07) is 3.99. The van der Waals surface area contributed by atoms with Crippen LogP contribution in [0.4, 0.5) is 5.82 Å². The topological polar surface area (TPSA) is 96.4 Å². The number of aromatic nitrogens is 1. The van der Waals surface area contributed by atoms with Crippen LogP contribution in [-0.2, 0) is 10.0 Å². The van der Waals surface area contributed by atoms with Crippen LogP contribution in [0.3, 0.4) is 0 Å². The Morgan fingerprint density at radius 2 is 2.15 bits per heavy atom. The number of rotatable bonds is 4. The zero-order valence-electron chi connectivity index (χ0n) is 10.1. The lowest BCUT2D eigenvalue weighted by Gasteiger charge is -2.06. The van der Waals surface area contributed by atoms with E-state index in [0.717, 1.165) is 17.4 Å². The fraction of sp³-hybridized carbons (Fsp3) is 0.0909. The highest BCUT2D eigenvalue weighted by molar-refractivity contribution is 7.93. The van der Waals surface area contributed by atoms with Crippen LogP contribution in [0.5, 0.6) is 0 Å². The average molecular weight is 333 g/mol. The van der Waals surface area contributed by atoms with E-state index in [2.05, 4.69) is 9.71 Å². The van der Waals surface area contributed by atoms with Crippen molar-refractivity contribution < 1.29 is 18.3 Å². The number of nitrogens with one attached hydrogen (secondary N) is 1. The van der Waals surface area contributed by atoms with E-state index in [4.69, 9.17) is 16.7 Å². The van der Waals surface area contributed by atoms with E-state index < -0.39 is 16.0 Å². The quantitative estimate of drug-likeness (QED) is 0.897. The predicted octanol–water partition coefficient (Wildman–Crippen LogP) is 2.60. The molecule has 2 aromatic heterocycles. The molecule has 2 rings (SSSR count). The first-order valence-electron chi connectivity index (χ1n) is 5.28. The molecule has 0 aromatic carbocycles. The minimum atomic E-state index is -3.90. The fourth-order valence-corrected chi connectivity index (χ4v) is 4.08. The Bertz CT molecular complexity index is 770. The Labute approximate surface area is 124 Å². The number of hydrogen-bond donors (Lipinski definition) is 2. The summed E-state index contributed by atoms with van der Waals surface area (Å²) in [7, 11) is -3.90. The van der Waals surface area contributed by atoms with Crippen molar-refractivity contribution in [1.29, 1.82) is 0 Å². The maximum Gasteiger partial charge on any atom is 0.345 e. The summed E-state index contributed by atoms with van der Waals surface area (Å²) in [5.74, 6) is -1.10. The minimum absolute atomic E-state index is 0.0399. The third-order valence-corrected chi connectivity index (χ3v) is 5.22. The van der Waals surface area contributed by atoms with Crippen molar-refractivity contribution in [3.05, 3.63) is 39.2 Å². The molecule has 0 saturated carbocycles. The second-order valence-corrected chi connectivity index (χ2v) is 7.14. The van der Waals surface area contributed by atoms with E-state index in [1.807, 2.05) is 0 Å². The van der Waals surface area contributed by atoms with Crippen LogP contribution in [0.1, 0.15) is 14.5 Å². The zero-order valence-corrected chi connectivity index (χ0v) is 12.5. The summed E-state index contributed by atoms with van der Waals surface area (Å²) in [5.41, 5.74) is 0. The standard InChI is InChI=1S/C11H9ClN2O4S2/c1-6-9(5-8(19-6)11(15)16)20(17,18)14-10-4-7(12)2-3-13-10/h2-5H,1H3,(H,13,14)(H,15,16). The first-order valence-corrected chi connectivity index (χ1v) is 7.95. The van der Waals surface area contributed by atoms with Crippen molar-refractivity contribution in [2.45, 2.75) is 11.8 Å². The molecule has 2 N–H and O–H groups in total. The van der Waals surface area contributed by atoms with Crippen molar-refractivity contribution in [2.24, 2.45) is 0 Å². The van der Waals surface area contributed by atoms with Gasteiger partial charge in [-0.15, -0.1) is 11.3 Å². The molecular weight excluding hydrogens is 324 g/mol. The van der Waals surface area contributed by atoms with Crippen LogP contribution in [-0.4, -0.2) is 24.5 Å². The zero-order chi connectivity index (χ0) is 14.9. The molecule has 0 aliphatic heterocycles. The summed E-state index contributed by atoms with van der Waals surface area (Å²) in [6.45, 7) is 1.54. The summed E-state index contributed by atoms with van der Waals surface area (Å²) >= 11 is 6.64. The third kappa shape index (κ3) is 3.09. The number of sulfonamides is 1. The number of pyridine rings is 1. The maximum atomic E-state index is 12.2. The fourth-order valence-electron chi connectivity index (χ4n) is 1.49. The Balaban J connectivity index is 2.38. The first kappa shape index (κ1) is 14.8. The van der Waals surface area contributed by atoms with E-state index in [0.29, 0.717) is 9.90 Å². The van der Waals surface area contributed by atoms with Gasteiger partial charge in [0.15, 0.2) is 0 Å². The molecule has 0 saturated heterocycles. The van der Waals surface area contributed by atoms with Gasteiger partial charge >= 0.3 is 5.97 Å². The number of aromatic carboxylic acids is 1. The summed E-state index contributed by atoms with van der Waals surface area (Å²) in [4.78, 5) is 15.0. The molecule has 0 aliphatic carbocycles. The van der Waals surface area contributed by atoms with Crippen molar-refractivity contribution >= 4 is 44.7 Å². The Kier molecular flexibility index (Phi) is 3.98. The van der Waals surface area contributed by atoms with Crippen molar-refractivity contribution in [3.63, 3.8) is 0 Å². The van der Waals surface area contributed by atoms with Gasteiger partial charge < -0.3 is 5.11 Å². The van der Waals surface area contributed by atoms with Gasteiger partial charge in [-0.2, -0.15) is 0 Å². The molecule has 106 valence electrons. The summed E-state index contributed by atoms with van der Waals surface area (Å²) in [5, 5.41) is 9.22. The highest BCUT2D eigenvalue weighted by Crippen LogP contribution is 2.27. The van der Waals surface area contributed by atoms with Gasteiger partial charge in [-0.05, 0) is 19.1 Å². The Hall–Kier alpha value is -1.64. The summed E-state index contributed by atoms with van der Waals surface area (Å²) in [6.07, 6.45) is 1.36. The normalized spacial score (nSPS) is 11.3. The van der Waals surface area contributed by atoms with Gasteiger partial charge in [-0.1, -0.05) is 11.6 Å². The van der Waals surface area contributed by atoms with Crippen LogP contribution < -0.4 is 4.72 Å². The number of carboxylic acids is 1. The minimum Gasteiger partial charge on any atom is -0.477 e. The highest BCUT2D eigenvalue weighted by Gasteiger charge is 2.22. The lowest BCUT2D eigenvalue weighted by Crippen LogP contribution is -2.14. The van der Waals surface area contributed by atoms with Crippen molar-refractivity contribution in [1.82, 2.24) is 4.98 Å². The highest BCUT2D eigenvalue weighted by atomic mass is 35.5. The molecule has 9 heteroatoms. The third-order valence-electron chi connectivity index (χ3n) is 2.33. The second kappa shape index (κ2) is 5.39. The predicted molar refractivity (Wildman–Crippen MR) is 76.1 cm³/mol. The van der Waals surface area contributed by atoms with Gasteiger partial charge in [0, 0.05) is 22.2 Å². The van der Waals surface area contributed by atoms with E-state index in [1.165, 1.54) is 25.3 Å². The number of nitrogens with zero attached hydrogens (tertiary/aromatic N) is 1. The molecule has 20 heavy (non-hydrogen) atoms. The average Bonchev–Trinajstić information content (AvgIpc) is 2.71. The molecule has 0 fully saturated rings. The second-order valence-electron chi connectivity index (χ2n) is 3.80. The SMILES string of the molecule is Cc1sc(C(=O)O)cc1S(=O)(=O)Nc1cc(Cl)ccn1. The van der Waals surface area contributed by atoms with Gasteiger partial charge in [0.1, 0.15) is 15.6 Å². The molecule has 2 aromatic rings. The molecule has 0 unspecified atom stereocenters. The number of carboxylic acid groups (broad SMARTS) is 1. The number of hydrogen-bond acceptors (Lipinski definition) is 5. The lowest BCUT2D eigenvalue weighted by molar-refractivity contribution is 0.0702. The van der Waals surface area contributed by atoms with Gasteiger partial charge in [-0.25, -0.2) is 18.2 Å². The molecule has 0 spiro atoms. The number of carbonyl (C=O) groups is 1.